The summed E-state index contributed by atoms with van der Waals surface area (Å²) >= 11 is 0. The zero-order valence-electron chi connectivity index (χ0n) is 10.7. The largest absolute Gasteiger partial charge is 0.295 e. The minimum atomic E-state index is -0.104. The van der Waals surface area contributed by atoms with Crippen LogP contribution in [0, 0.1) is 0 Å². The Bertz CT molecular complexity index is 803. The molecular formula is C15H12N4O. The fourth-order valence-electron chi connectivity index (χ4n) is 2.79. The SMILES string of the molecule is O=C1CC(c2cccc3ccccc23)n2ncnc2N1. The molecule has 98 valence electrons. The van der Waals surface area contributed by atoms with Gasteiger partial charge in [0.2, 0.25) is 11.9 Å². The van der Waals surface area contributed by atoms with E-state index in [4.69, 9.17) is 0 Å². The van der Waals surface area contributed by atoms with Gasteiger partial charge in [-0.2, -0.15) is 10.1 Å². The van der Waals surface area contributed by atoms with Gasteiger partial charge in [0.1, 0.15) is 6.33 Å². The number of rotatable bonds is 1. The molecule has 0 bridgehead atoms. The van der Waals surface area contributed by atoms with E-state index in [-0.39, 0.29) is 11.9 Å². The molecule has 0 saturated heterocycles. The Morgan fingerprint density at radius 2 is 2.00 bits per heavy atom. The number of aromatic nitrogens is 3. The first kappa shape index (κ1) is 11.2. The van der Waals surface area contributed by atoms with Crippen molar-refractivity contribution in [3.05, 3.63) is 54.4 Å². The van der Waals surface area contributed by atoms with E-state index in [2.05, 4.69) is 39.7 Å². The van der Waals surface area contributed by atoms with Gasteiger partial charge >= 0.3 is 0 Å². The van der Waals surface area contributed by atoms with Crippen LogP contribution >= 0.6 is 0 Å². The van der Waals surface area contributed by atoms with Crippen molar-refractivity contribution in [1.82, 2.24) is 14.8 Å². The van der Waals surface area contributed by atoms with Crippen molar-refractivity contribution in [2.75, 3.05) is 5.32 Å². The Kier molecular flexibility index (Phi) is 2.32. The number of benzene rings is 2. The molecule has 20 heavy (non-hydrogen) atoms. The molecule has 1 aliphatic heterocycles. The van der Waals surface area contributed by atoms with Gasteiger partial charge < -0.3 is 0 Å². The summed E-state index contributed by atoms with van der Waals surface area (Å²) in [6.07, 6.45) is 1.85. The molecule has 5 nitrogen and oxygen atoms in total. The summed E-state index contributed by atoms with van der Waals surface area (Å²) in [7, 11) is 0. The summed E-state index contributed by atoms with van der Waals surface area (Å²) in [5, 5.41) is 9.30. The number of anilines is 1. The molecule has 1 aliphatic rings. The highest BCUT2D eigenvalue weighted by molar-refractivity contribution is 5.92. The smallest absolute Gasteiger partial charge is 0.229 e. The third-order valence-electron chi connectivity index (χ3n) is 3.68. The highest BCUT2D eigenvalue weighted by Crippen LogP contribution is 2.32. The second-order valence-electron chi connectivity index (χ2n) is 4.86. The lowest BCUT2D eigenvalue weighted by Crippen LogP contribution is -2.29. The topological polar surface area (TPSA) is 59.8 Å². The maximum atomic E-state index is 11.9. The van der Waals surface area contributed by atoms with E-state index in [0.717, 1.165) is 16.3 Å². The van der Waals surface area contributed by atoms with Gasteiger partial charge in [0, 0.05) is 0 Å². The number of amides is 1. The second-order valence-corrected chi connectivity index (χ2v) is 4.86. The molecule has 1 unspecified atom stereocenters. The van der Waals surface area contributed by atoms with Crippen LogP contribution in [0.2, 0.25) is 0 Å². The van der Waals surface area contributed by atoms with Crippen molar-refractivity contribution in [3.63, 3.8) is 0 Å². The van der Waals surface area contributed by atoms with Crippen LogP contribution in [0.15, 0.2) is 48.8 Å². The predicted octanol–water partition coefficient (Wildman–Crippen LogP) is 2.36. The minimum absolute atomic E-state index is 0.0246. The molecule has 1 atom stereocenters. The Morgan fingerprint density at radius 1 is 1.15 bits per heavy atom. The molecule has 1 amide bonds. The molecule has 2 aromatic carbocycles. The van der Waals surface area contributed by atoms with Crippen molar-refractivity contribution in [3.8, 4) is 0 Å². The Labute approximate surface area is 115 Å². The average molecular weight is 264 g/mol. The van der Waals surface area contributed by atoms with Crippen LogP contribution in [-0.4, -0.2) is 20.7 Å². The maximum absolute atomic E-state index is 11.9. The summed E-state index contributed by atoms with van der Waals surface area (Å²) in [5.41, 5.74) is 1.10. The molecule has 0 aliphatic carbocycles. The van der Waals surface area contributed by atoms with E-state index < -0.39 is 0 Å². The Balaban J connectivity index is 1.94. The molecule has 4 rings (SSSR count). The monoisotopic (exact) mass is 264 g/mol. The molecule has 1 N–H and O–H groups in total. The number of nitrogens with zero attached hydrogens (tertiary/aromatic N) is 3. The fraction of sp³-hybridized carbons (Fsp3) is 0.133. The zero-order valence-corrected chi connectivity index (χ0v) is 10.7. The van der Waals surface area contributed by atoms with E-state index in [9.17, 15) is 4.79 Å². The van der Waals surface area contributed by atoms with Crippen LogP contribution < -0.4 is 5.32 Å². The summed E-state index contributed by atoms with van der Waals surface area (Å²) in [6, 6.07) is 14.2. The van der Waals surface area contributed by atoms with Crippen molar-refractivity contribution < 1.29 is 4.79 Å². The highest BCUT2D eigenvalue weighted by Gasteiger charge is 2.28. The first-order chi connectivity index (χ1) is 9.83. The van der Waals surface area contributed by atoms with Crippen LogP contribution in [-0.2, 0) is 4.79 Å². The minimum Gasteiger partial charge on any atom is -0.295 e. The van der Waals surface area contributed by atoms with E-state index in [1.165, 1.54) is 6.33 Å². The lowest BCUT2D eigenvalue weighted by Gasteiger charge is -2.24. The molecule has 0 saturated carbocycles. The maximum Gasteiger partial charge on any atom is 0.229 e. The summed E-state index contributed by atoms with van der Waals surface area (Å²) in [5.74, 6) is 0.489. The van der Waals surface area contributed by atoms with Crippen LogP contribution in [0.4, 0.5) is 5.95 Å². The van der Waals surface area contributed by atoms with Crippen LogP contribution in [0.25, 0.3) is 10.8 Å². The van der Waals surface area contributed by atoms with Crippen LogP contribution in [0.3, 0.4) is 0 Å². The van der Waals surface area contributed by atoms with Gasteiger partial charge in [0.15, 0.2) is 0 Å². The molecule has 3 aromatic rings. The van der Waals surface area contributed by atoms with Crippen LogP contribution in [0.1, 0.15) is 18.0 Å². The average Bonchev–Trinajstić information content (AvgIpc) is 2.94. The second kappa shape index (κ2) is 4.16. The van der Waals surface area contributed by atoms with Gasteiger partial charge in [-0.1, -0.05) is 42.5 Å². The highest BCUT2D eigenvalue weighted by atomic mass is 16.2. The van der Waals surface area contributed by atoms with Gasteiger partial charge in [-0.05, 0) is 16.3 Å². The summed E-state index contributed by atoms with van der Waals surface area (Å²) in [4.78, 5) is 15.9. The van der Waals surface area contributed by atoms with Crippen molar-refractivity contribution in [2.45, 2.75) is 12.5 Å². The van der Waals surface area contributed by atoms with Gasteiger partial charge in [0.05, 0.1) is 12.5 Å². The number of carbonyl (C=O) groups excluding carboxylic acids is 1. The van der Waals surface area contributed by atoms with E-state index in [1.54, 1.807) is 4.68 Å². The van der Waals surface area contributed by atoms with E-state index >= 15 is 0 Å². The number of fused-ring (bicyclic) bond motifs is 2. The first-order valence-corrected chi connectivity index (χ1v) is 6.50. The zero-order chi connectivity index (χ0) is 13.5. The van der Waals surface area contributed by atoms with E-state index in [1.807, 2.05) is 18.2 Å². The molecule has 0 radical (unpaired) electrons. The van der Waals surface area contributed by atoms with Gasteiger partial charge in [-0.25, -0.2) is 4.68 Å². The molecule has 0 fully saturated rings. The molecule has 2 heterocycles. The van der Waals surface area contributed by atoms with Gasteiger partial charge in [-0.3, -0.25) is 10.1 Å². The Hall–Kier alpha value is -2.69. The molecule has 1 aromatic heterocycles. The summed E-state index contributed by atoms with van der Waals surface area (Å²) < 4.78 is 1.78. The number of hydrogen-bond donors (Lipinski definition) is 1. The third-order valence-corrected chi connectivity index (χ3v) is 3.68. The van der Waals surface area contributed by atoms with Crippen molar-refractivity contribution in [1.29, 1.82) is 0 Å². The normalized spacial score (nSPS) is 17.8. The van der Waals surface area contributed by atoms with Crippen LogP contribution in [0.5, 0.6) is 0 Å². The third kappa shape index (κ3) is 1.60. The number of hydrogen-bond acceptors (Lipinski definition) is 3. The molecule has 0 spiro atoms. The van der Waals surface area contributed by atoms with Crippen molar-refractivity contribution in [2.24, 2.45) is 0 Å². The van der Waals surface area contributed by atoms with Gasteiger partial charge in [0.25, 0.3) is 0 Å². The predicted molar refractivity (Wildman–Crippen MR) is 75.4 cm³/mol. The number of carbonyl (C=O) groups is 1. The lowest BCUT2D eigenvalue weighted by molar-refractivity contribution is -0.117. The Morgan fingerprint density at radius 3 is 2.95 bits per heavy atom. The quantitative estimate of drug-likeness (QED) is 0.734. The molecular weight excluding hydrogens is 252 g/mol. The lowest BCUT2D eigenvalue weighted by atomic mass is 9.96. The number of nitrogens with one attached hydrogen (secondary N) is 1. The van der Waals surface area contributed by atoms with Crippen molar-refractivity contribution >= 4 is 22.6 Å². The van der Waals surface area contributed by atoms with E-state index in [0.29, 0.717) is 12.4 Å². The fourth-order valence-corrected chi connectivity index (χ4v) is 2.79. The van der Waals surface area contributed by atoms with Gasteiger partial charge in [-0.15, -0.1) is 0 Å². The first-order valence-electron chi connectivity index (χ1n) is 6.50. The summed E-state index contributed by atoms with van der Waals surface area (Å²) in [6.45, 7) is 0. The molecule has 5 heteroatoms. The standard InChI is InChI=1S/C15H12N4O/c20-14-8-13(19-15(18-14)16-9-17-19)12-7-3-5-10-4-1-2-6-11(10)12/h1-7,9,13H,8H2,(H,16,17,18,20).